The third-order valence-corrected chi connectivity index (χ3v) is 6.23. The number of carbonyl (C=O) groups excluding carboxylic acids is 1. The van der Waals surface area contributed by atoms with Crippen LogP contribution in [0.25, 0.3) is 0 Å². The molecule has 1 aliphatic carbocycles. The molecule has 2 aliphatic rings. The molecule has 0 unspecified atom stereocenters. The summed E-state index contributed by atoms with van der Waals surface area (Å²) in [5, 5.41) is 0. The Morgan fingerprint density at radius 1 is 1.00 bits per heavy atom. The van der Waals surface area contributed by atoms with E-state index >= 15 is 0 Å². The second-order valence-electron chi connectivity index (χ2n) is 7.14. The summed E-state index contributed by atoms with van der Waals surface area (Å²) in [7, 11) is 0. The van der Waals surface area contributed by atoms with E-state index in [4.69, 9.17) is 0 Å². The SMILES string of the molecule is O=C(N1CCN(c2cnccn2)CC1)C1(c2ccc(Br)cc2)CCCC1. The molecule has 0 atom stereocenters. The van der Waals surface area contributed by atoms with Crippen LogP contribution in [-0.2, 0) is 10.2 Å². The van der Waals surface area contributed by atoms with Crippen LogP contribution in [0.15, 0.2) is 47.3 Å². The number of rotatable bonds is 3. The minimum Gasteiger partial charge on any atom is -0.352 e. The number of hydrogen-bond donors (Lipinski definition) is 0. The highest BCUT2D eigenvalue weighted by Gasteiger charge is 2.45. The molecule has 1 saturated carbocycles. The van der Waals surface area contributed by atoms with Crippen molar-refractivity contribution in [3.8, 4) is 0 Å². The van der Waals surface area contributed by atoms with Gasteiger partial charge in [-0.2, -0.15) is 0 Å². The Balaban J connectivity index is 1.50. The molecule has 2 fully saturated rings. The zero-order valence-corrected chi connectivity index (χ0v) is 16.4. The van der Waals surface area contributed by atoms with Crippen molar-refractivity contribution in [2.45, 2.75) is 31.1 Å². The van der Waals surface area contributed by atoms with E-state index in [2.05, 4.69) is 60.0 Å². The van der Waals surface area contributed by atoms with Crippen molar-refractivity contribution < 1.29 is 4.79 Å². The van der Waals surface area contributed by atoms with Gasteiger partial charge in [0, 0.05) is 43.0 Å². The van der Waals surface area contributed by atoms with Crippen molar-refractivity contribution in [3.63, 3.8) is 0 Å². The fourth-order valence-corrected chi connectivity index (χ4v) is 4.53. The summed E-state index contributed by atoms with van der Waals surface area (Å²) in [6, 6.07) is 8.33. The van der Waals surface area contributed by atoms with Crippen molar-refractivity contribution in [1.29, 1.82) is 0 Å². The monoisotopic (exact) mass is 414 g/mol. The van der Waals surface area contributed by atoms with E-state index < -0.39 is 0 Å². The number of hydrogen-bond acceptors (Lipinski definition) is 4. The molecule has 6 heteroatoms. The molecule has 136 valence electrons. The van der Waals surface area contributed by atoms with Gasteiger partial charge in [-0.15, -0.1) is 0 Å². The number of piperazine rings is 1. The molecule has 0 radical (unpaired) electrons. The van der Waals surface area contributed by atoms with Crippen LogP contribution in [0.4, 0.5) is 5.82 Å². The van der Waals surface area contributed by atoms with Crippen molar-refractivity contribution in [1.82, 2.24) is 14.9 Å². The number of halogens is 1. The maximum atomic E-state index is 13.5. The smallest absolute Gasteiger partial charge is 0.233 e. The molecule has 0 spiro atoms. The molecule has 0 N–H and O–H groups in total. The highest BCUT2D eigenvalue weighted by atomic mass is 79.9. The Morgan fingerprint density at radius 3 is 2.31 bits per heavy atom. The summed E-state index contributed by atoms with van der Waals surface area (Å²) in [6.07, 6.45) is 9.36. The zero-order valence-electron chi connectivity index (χ0n) is 14.8. The zero-order chi connectivity index (χ0) is 18.0. The molecule has 1 aromatic carbocycles. The molecule has 1 aromatic heterocycles. The first-order valence-electron chi connectivity index (χ1n) is 9.25. The van der Waals surface area contributed by atoms with Gasteiger partial charge in [-0.25, -0.2) is 4.98 Å². The average molecular weight is 415 g/mol. The predicted molar refractivity (Wildman–Crippen MR) is 105 cm³/mol. The van der Waals surface area contributed by atoms with Gasteiger partial charge in [0.15, 0.2) is 0 Å². The highest BCUT2D eigenvalue weighted by Crippen LogP contribution is 2.43. The number of anilines is 1. The molecule has 1 aliphatic heterocycles. The fraction of sp³-hybridized carbons (Fsp3) is 0.450. The van der Waals surface area contributed by atoms with Crippen molar-refractivity contribution in [2.24, 2.45) is 0 Å². The summed E-state index contributed by atoms with van der Waals surface area (Å²) < 4.78 is 1.06. The molecular formula is C20H23BrN4O. The van der Waals surface area contributed by atoms with Crippen LogP contribution in [-0.4, -0.2) is 47.0 Å². The minimum absolute atomic E-state index is 0.302. The second-order valence-corrected chi connectivity index (χ2v) is 8.05. The maximum absolute atomic E-state index is 13.5. The third kappa shape index (κ3) is 3.22. The largest absolute Gasteiger partial charge is 0.352 e. The second kappa shape index (κ2) is 7.35. The predicted octanol–water partition coefficient (Wildman–Crippen LogP) is 3.40. The van der Waals surface area contributed by atoms with Crippen LogP contribution in [0.3, 0.4) is 0 Å². The number of nitrogens with zero attached hydrogens (tertiary/aromatic N) is 4. The van der Waals surface area contributed by atoms with Crippen LogP contribution in [0, 0.1) is 0 Å². The Morgan fingerprint density at radius 2 is 1.69 bits per heavy atom. The molecule has 4 rings (SSSR count). The molecule has 0 bridgehead atoms. The molecule has 2 heterocycles. The summed E-state index contributed by atoms with van der Waals surface area (Å²) in [5.41, 5.74) is 0.828. The van der Waals surface area contributed by atoms with E-state index in [1.165, 1.54) is 5.56 Å². The van der Waals surface area contributed by atoms with Gasteiger partial charge in [0.25, 0.3) is 0 Å². The van der Waals surface area contributed by atoms with E-state index in [0.29, 0.717) is 5.91 Å². The van der Waals surface area contributed by atoms with Crippen molar-refractivity contribution >= 4 is 27.7 Å². The lowest BCUT2D eigenvalue weighted by atomic mass is 9.77. The number of aromatic nitrogens is 2. The molecule has 5 nitrogen and oxygen atoms in total. The summed E-state index contributed by atoms with van der Waals surface area (Å²) >= 11 is 3.50. The average Bonchev–Trinajstić information content (AvgIpc) is 3.20. The Bertz CT molecular complexity index is 751. The first-order chi connectivity index (χ1) is 12.7. The van der Waals surface area contributed by atoms with Crippen LogP contribution in [0.5, 0.6) is 0 Å². The van der Waals surface area contributed by atoms with E-state index in [1.54, 1.807) is 18.6 Å². The maximum Gasteiger partial charge on any atom is 0.233 e. The Labute approximate surface area is 162 Å². The first kappa shape index (κ1) is 17.5. The summed E-state index contributed by atoms with van der Waals surface area (Å²) in [5.74, 6) is 1.19. The number of carbonyl (C=O) groups is 1. The van der Waals surface area contributed by atoms with Crippen LogP contribution < -0.4 is 4.90 Å². The standard InChI is InChI=1S/C20H23BrN4O/c21-17-5-3-16(4-6-17)20(7-1-2-8-20)19(26)25-13-11-24(12-14-25)18-15-22-9-10-23-18/h3-6,9-10,15H,1-2,7-8,11-14H2. The Hall–Kier alpha value is -1.95. The summed E-state index contributed by atoms with van der Waals surface area (Å²) in [4.78, 5) is 26.3. The highest BCUT2D eigenvalue weighted by molar-refractivity contribution is 9.10. The van der Waals surface area contributed by atoms with E-state index in [9.17, 15) is 4.79 Å². The quantitative estimate of drug-likeness (QED) is 0.771. The van der Waals surface area contributed by atoms with Gasteiger partial charge < -0.3 is 9.80 Å². The lowest BCUT2D eigenvalue weighted by Crippen LogP contribution is -2.54. The molecule has 1 amide bonds. The topological polar surface area (TPSA) is 49.3 Å². The molecule has 26 heavy (non-hydrogen) atoms. The number of amides is 1. The lowest BCUT2D eigenvalue weighted by Gasteiger charge is -2.40. The molecular weight excluding hydrogens is 392 g/mol. The van der Waals surface area contributed by atoms with Crippen molar-refractivity contribution in [3.05, 3.63) is 52.9 Å². The van der Waals surface area contributed by atoms with Crippen molar-refractivity contribution in [2.75, 3.05) is 31.1 Å². The van der Waals surface area contributed by atoms with E-state index in [1.807, 2.05) is 0 Å². The van der Waals surface area contributed by atoms with Gasteiger partial charge in [-0.3, -0.25) is 9.78 Å². The molecule has 1 saturated heterocycles. The lowest BCUT2D eigenvalue weighted by molar-refractivity contribution is -0.137. The van der Waals surface area contributed by atoms with Crippen LogP contribution in [0.2, 0.25) is 0 Å². The Kier molecular flexibility index (Phi) is 4.94. The van der Waals surface area contributed by atoms with Gasteiger partial charge in [0.2, 0.25) is 5.91 Å². The van der Waals surface area contributed by atoms with Gasteiger partial charge in [-0.05, 0) is 30.5 Å². The van der Waals surface area contributed by atoms with Crippen LogP contribution >= 0.6 is 15.9 Å². The van der Waals surface area contributed by atoms with E-state index in [-0.39, 0.29) is 5.41 Å². The van der Waals surface area contributed by atoms with Gasteiger partial charge in [0.1, 0.15) is 5.82 Å². The van der Waals surface area contributed by atoms with Crippen LogP contribution in [0.1, 0.15) is 31.2 Å². The van der Waals surface area contributed by atoms with E-state index in [0.717, 1.165) is 62.2 Å². The third-order valence-electron chi connectivity index (χ3n) is 5.70. The molecule has 2 aromatic rings. The van der Waals surface area contributed by atoms with Gasteiger partial charge in [-0.1, -0.05) is 40.9 Å². The van der Waals surface area contributed by atoms with Gasteiger partial charge in [0.05, 0.1) is 11.6 Å². The number of benzene rings is 1. The first-order valence-corrected chi connectivity index (χ1v) is 10.0. The normalized spacial score (nSPS) is 19.6. The summed E-state index contributed by atoms with van der Waals surface area (Å²) in [6.45, 7) is 3.10. The van der Waals surface area contributed by atoms with Gasteiger partial charge >= 0.3 is 0 Å². The minimum atomic E-state index is -0.338. The fourth-order valence-electron chi connectivity index (χ4n) is 4.27.